The van der Waals surface area contributed by atoms with Gasteiger partial charge in [-0.25, -0.2) is 4.79 Å². The summed E-state index contributed by atoms with van der Waals surface area (Å²) in [6.45, 7) is 4.84. The summed E-state index contributed by atoms with van der Waals surface area (Å²) < 4.78 is 1.50. The van der Waals surface area contributed by atoms with Crippen LogP contribution in [0.15, 0.2) is 40.1 Å². The van der Waals surface area contributed by atoms with Gasteiger partial charge in [0.05, 0.1) is 0 Å². The van der Waals surface area contributed by atoms with Crippen molar-refractivity contribution >= 4 is 5.69 Å². The molecule has 0 spiro atoms. The number of benzene rings is 1. The van der Waals surface area contributed by atoms with Crippen LogP contribution in [0.3, 0.4) is 0 Å². The van der Waals surface area contributed by atoms with Crippen LogP contribution in [-0.4, -0.2) is 16.1 Å². The minimum atomic E-state index is -0.373. The average Bonchev–Trinajstić information content (AvgIpc) is 2.35. The van der Waals surface area contributed by atoms with E-state index in [4.69, 9.17) is 0 Å². The van der Waals surface area contributed by atoms with Gasteiger partial charge in [0.2, 0.25) is 0 Å². The van der Waals surface area contributed by atoms with Gasteiger partial charge in [0.25, 0.3) is 5.56 Å². The Kier molecular flexibility index (Phi) is 3.85. The highest BCUT2D eigenvalue weighted by Gasteiger charge is 2.00. The van der Waals surface area contributed by atoms with Crippen molar-refractivity contribution in [3.63, 3.8) is 0 Å². The SMILES string of the molecule is Cc1cccc(NCCn2cc(C)c(=O)[nH]c2=O)c1. The number of aromatic amines is 1. The Morgan fingerprint density at radius 1 is 1.26 bits per heavy atom. The Morgan fingerprint density at radius 2 is 2.05 bits per heavy atom. The van der Waals surface area contributed by atoms with Crippen LogP contribution >= 0.6 is 0 Å². The van der Waals surface area contributed by atoms with E-state index in [1.54, 1.807) is 13.1 Å². The van der Waals surface area contributed by atoms with Gasteiger partial charge >= 0.3 is 5.69 Å². The monoisotopic (exact) mass is 259 g/mol. The fourth-order valence-electron chi connectivity index (χ4n) is 1.86. The molecule has 5 heteroatoms. The highest BCUT2D eigenvalue weighted by Crippen LogP contribution is 2.08. The summed E-state index contributed by atoms with van der Waals surface area (Å²) in [6, 6.07) is 8.03. The van der Waals surface area contributed by atoms with Gasteiger partial charge in [-0.15, -0.1) is 0 Å². The molecule has 0 atom stereocenters. The molecule has 0 aliphatic rings. The number of H-pyrrole nitrogens is 1. The van der Waals surface area contributed by atoms with E-state index < -0.39 is 0 Å². The summed E-state index contributed by atoms with van der Waals surface area (Å²) >= 11 is 0. The van der Waals surface area contributed by atoms with E-state index in [-0.39, 0.29) is 11.2 Å². The lowest BCUT2D eigenvalue weighted by atomic mass is 10.2. The molecule has 0 aliphatic carbocycles. The third kappa shape index (κ3) is 3.34. The van der Waals surface area contributed by atoms with Crippen molar-refractivity contribution < 1.29 is 0 Å². The Bertz CT molecular complexity index is 686. The van der Waals surface area contributed by atoms with Crippen LogP contribution in [0.4, 0.5) is 5.69 Å². The second kappa shape index (κ2) is 5.56. The first-order chi connectivity index (χ1) is 9.06. The van der Waals surface area contributed by atoms with Crippen LogP contribution in [0, 0.1) is 13.8 Å². The number of aromatic nitrogens is 2. The van der Waals surface area contributed by atoms with Gasteiger partial charge in [0.15, 0.2) is 0 Å². The molecule has 1 aromatic carbocycles. The van der Waals surface area contributed by atoms with Crippen LogP contribution in [-0.2, 0) is 6.54 Å². The summed E-state index contributed by atoms with van der Waals surface area (Å²) in [7, 11) is 0. The van der Waals surface area contributed by atoms with E-state index in [1.807, 2.05) is 31.2 Å². The molecule has 2 rings (SSSR count). The number of hydrogen-bond donors (Lipinski definition) is 2. The number of hydrogen-bond acceptors (Lipinski definition) is 3. The number of anilines is 1. The summed E-state index contributed by atoms with van der Waals surface area (Å²) in [6.07, 6.45) is 1.58. The summed E-state index contributed by atoms with van der Waals surface area (Å²) in [5, 5.41) is 3.24. The molecule has 19 heavy (non-hydrogen) atoms. The maximum Gasteiger partial charge on any atom is 0.328 e. The number of nitrogens with one attached hydrogen (secondary N) is 2. The molecule has 2 aromatic rings. The Hall–Kier alpha value is -2.30. The van der Waals surface area contributed by atoms with Crippen molar-refractivity contribution in [1.82, 2.24) is 9.55 Å². The second-order valence-corrected chi connectivity index (χ2v) is 4.56. The highest BCUT2D eigenvalue weighted by atomic mass is 16.2. The predicted octanol–water partition coefficient (Wildman–Crippen LogP) is 1.27. The molecule has 2 N–H and O–H groups in total. The first-order valence-electron chi connectivity index (χ1n) is 6.17. The van der Waals surface area contributed by atoms with E-state index in [2.05, 4.69) is 10.3 Å². The standard InChI is InChI=1S/C14H17N3O2/c1-10-4-3-5-12(8-10)15-6-7-17-9-11(2)13(18)16-14(17)19/h3-5,8-9,15H,6-7H2,1-2H3,(H,16,18,19). The summed E-state index contributed by atoms with van der Waals surface area (Å²) in [5.41, 5.74) is 2.04. The summed E-state index contributed by atoms with van der Waals surface area (Å²) in [4.78, 5) is 25.1. The van der Waals surface area contributed by atoms with Crippen molar-refractivity contribution in [3.8, 4) is 0 Å². The lowest BCUT2D eigenvalue weighted by Gasteiger charge is -2.09. The molecule has 0 saturated carbocycles. The Balaban J connectivity index is 2.02. The highest BCUT2D eigenvalue weighted by molar-refractivity contribution is 5.45. The molecule has 1 heterocycles. The van der Waals surface area contributed by atoms with Gasteiger partial charge in [-0.05, 0) is 31.5 Å². The van der Waals surface area contributed by atoms with Gasteiger partial charge in [-0.3, -0.25) is 14.3 Å². The second-order valence-electron chi connectivity index (χ2n) is 4.56. The third-order valence-corrected chi connectivity index (χ3v) is 2.89. The van der Waals surface area contributed by atoms with E-state index in [0.29, 0.717) is 18.7 Å². The van der Waals surface area contributed by atoms with Crippen molar-refractivity contribution in [2.75, 3.05) is 11.9 Å². The van der Waals surface area contributed by atoms with Gasteiger partial charge in [0, 0.05) is 30.5 Å². The number of aryl methyl sites for hydroxylation is 2. The Labute approximate surface area is 110 Å². The van der Waals surface area contributed by atoms with Gasteiger partial charge in [0.1, 0.15) is 0 Å². The van der Waals surface area contributed by atoms with Crippen molar-refractivity contribution in [2.45, 2.75) is 20.4 Å². The van der Waals surface area contributed by atoms with Crippen LogP contribution < -0.4 is 16.6 Å². The first-order valence-corrected chi connectivity index (χ1v) is 6.17. The van der Waals surface area contributed by atoms with Crippen molar-refractivity contribution in [2.24, 2.45) is 0 Å². The zero-order chi connectivity index (χ0) is 13.8. The van der Waals surface area contributed by atoms with Crippen LogP contribution in [0.25, 0.3) is 0 Å². The molecule has 0 saturated heterocycles. The lowest BCUT2D eigenvalue weighted by Crippen LogP contribution is -2.32. The fourth-order valence-corrected chi connectivity index (χ4v) is 1.86. The normalized spacial score (nSPS) is 10.4. The minimum absolute atomic E-state index is 0.326. The molecule has 0 amide bonds. The average molecular weight is 259 g/mol. The largest absolute Gasteiger partial charge is 0.383 e. The zero-order valence-corrected chi connectivity index (χ0v) is 11.1. The van der Waals surface area contributed by atoms with Crippen LogP contribution in [0.5, 0.6) is 0 Å². The topological polar surface area (TPSA) is 66.9 Å². The number of rotatable bonds is 4. The summed E-state index contributed by atoms with van der Waals surface area (Å²) in [5.74, 6) is 0. The molecular weight excluding hydrogens is 242 g/mol. The maximum atomic E-state index is 11.6. The minimum Gasteiger partial charge on any atom is -0.383 e. The van der Waals surface area contributed by atoms with E-state index in [9.17, 15) is 9.59 Å². The zero-order valence-electron chi connectivity index (χ0n) is 11.1. The fraction of sp³-hybridized carbons (Fsp3) is 0.286. The molecule has 0 unspecified atom stereocenters. The van der Waals surface area contributed by atoms with Crippen LogP contribution in [0.2, 0.25) is 0 Å². The van der Waals surface area contributed by atoms with E-state index in [0.717, 1.165) is 5.69 Å². The van der Waals surface area contributed by atoms with Gasteiger partial charge < -0.3 is 5.32 Å². The third-order valence-electron chi connectivity index (χ3n) is 2.89. The number of nitrogens with zero attached hydrogens (tertiary/aromatic N) is 1. The molecule has 5 nitrogen and oxygen atoms in total. The molecule has 1 aromatic heterocycles. The molecule has 0 bridgehead atoms. The van der Waals surface area contributed by atoms with E-state index >= 15 is 0 Å². The molecule has 0 radical (unpaired) electrons. The first kappa shape index (κ1) is 13.1. The van der Waals surface area contributed by atoms with Crippen LogP contribution in [0.1, 0.15) is 11.1 Å². The molecule has 100 valence electrons. The van der Waals surface area contributed by atoms with Crippen molar-refractivity contribution in [1.29, 1.82) is 0 Å². The van der Waals surface area contributed by atoms with Gasteiger partial charge in [-0.2, -0.15) is 0 Å². The lowest BCUT2D eigenvalue weighted by molar-refractivity contribution is 0.664. The molecule has 0 aliphatic heterocycles. The quantitative estimate of drug-likeness (QED) is 0.868. The Morgan fingerprint density at radius 3 is 2.79 bits per heavy atom. The molecular formula is C14H17N3O2. The van der Waals surface area contributed by atoms with E-state index in [1.165, 1.54) is 10.1 Å². The van der Waals surface area contributed by atoms with Gasteiger partial charge in [-0.1, -0.05) is 12.1 Å². The maximum absolute atomic E-state index is 11.6. The molecule has 0 fully saturated rings. The predicted molar refractivity (Wildman–Crippen MR) is 75.7 cm³/mol. The smallest absolute Gasteiger partial charge is 0.328 e. The van der Waals surface area contributed by atoms with Crippen molar-refractivity contribution in [3.05, 3.63) is 62.4 Å².